The lowest BCUT2D eigenvalue weighted by Crippen LogP contribution is -2.46. The molecule has 0 aromatic rings. The van der Waals surface area contributed by atoms with E-state index in [-0.39, 0.29) is 25.7 Å². The van der Waals surface area contributed by atoms with E-state index in [0.29, 0.717) is 12.8 Å². The Balaban J connectivity index is 4.16. The largest absolute Gasteiger partial charge is 0.472 e. The van der Waals surface area contributed by atoms with E-state index in [2.05, 4.69) is 19.2 Å². The molecule has 48 heavy (non-hydrogen) atoms. The van der Waals surface area contributed by atoms with Crippen LogP contribution in [0.2, 0.25) is 0 Å². The summed E-state index contributed by atoms with van der Waals surface area (Å²) in [6, 6.07) is -0.766. The average molecular weight is 705 g/mol. The van der Waals surface area contributed by atoms with E-state index in [0.717, 1.165) is 38.5 Å². The molecule has 0 radical (unpaired) electrons. The minimum atomic E-state index is -4.30. The normalized spacial score (nSPS) is 14.2. The molecule has 288 valence electrons. The van der Waals surface area contributed by atoms with Crippen LogP contribution in [0.3, 0.4) is 0 Å². The molecular formula is C39H81N2O6P. The summed E-state index contributed by atoms with van der Waals surface area (Å²) < 4.78 is 22.1. The Morgan fingerprint density at radius 3 is 1.33 bits per heavy atom. The van der Waals surface area contributed by atoms with Gasteiger partial charge in [0.05, 0.1) is 25.4 Å². The molecule has 3 atom stereocenters. The monoisotopic (exact) mass is 705 g/mol. The van der Waals surface area contributed by atoms with Crippen LogP contribution in [0.4, 0.5) is 0 Å². The van der Waals surface area contributed by atoms with E-state index in [9.17, 15) is 19.4 Å². The third kappa shape index (κ3) is 34.0. The van der Waals surface area contributed by atoms with Gasteiger partial charge in [0, 0.05) is 13.0 Å². The number of carbonyl (C=O) groups excluding carboxylic acids is 1. The Morgan fingerprint density at radius 2 is 0.958 bits per heavy atom. The van der Waals surface area contributed by atoms with Crippen molar-refractivity contribution >= 4 is 13.7 Å². The predicted molar refractivity (Wildman–Crippen MR) is 203 cm³/mol. The number of rotatable bonds is 39. The highest BCUT2D eigenvalue weighted by atomic mass is 31.2. The summed E-state index contributed by atoms with van der Waals surface area (Å²) >= 11 is 0. The van der Waals surface area contributed by atoms with Crippen LogP contribution in [0.15, 0.2) is 0 Å². The molecular weight excluding hydrogens is 623 g/mol. The van der Waals surface area contributed by atoms with Crippen LogP contribution in [-0.4, -0.2) is 47.8 Å². The number of hydrogen-bond acceptors (Lipinski definition) is 6. The zero-order chi connectivity index (χ0) is 35.4. The Morgan fingerprint density at radius 1 is 0.604 bits per heavy atom. The van der Waals surface area contributed by atoms with Crippen molar-refractivity contribution in [3.05, 3.63) is 0 Å². The number of unbranched alkanes of at least 4 members (excludes halogenated alkanes) is 27. The van der Waals surface area contributed by atoms with E-state index in [1.807, 2.05) is 0 Å². The smallest absolute Gasteiger partial charge is 0.391 e. The van der Waals surface area contributed by atoms with E-state index >= 15 is 0 Å². The molecule has 0 saturated heterocycles. The first kappa shape index (κ1) is 47.5. The second-order valence-electron chi connectivity index (χ2n) is 14.2. The molecule has 5 N–H and O–H groups in total. The van der Waals surface area contributed by atoms with Crippen molar-refractivity contribution in [3.63, 3.8) is 0 Å². The molecule has 1 amide bonds. The quantitative estimate of drug-likeness (QED) is 0.0370. The van der Waals surface area contributed by atoms with Crippen LogP contribution in [0.1, 0.15) is 213 Å². The number of hydrogen-bond donors (Lipinski definition) is 4. The average Bonchev–Trinajstić information content (AvgIpc) is 3.07. The Labute approximate surface area is 297 Å². The molecule has 0 aromatic heterocycles. The topological polar surface area (TPSA) is 131 Å². The van der Waals surface area contributed by atoms with Crippen molar-refractivity contribution in [1.29, 1.82) is 0 Å². The molecule has 0 aromatic carbocycles. The standard InChI is InChI=1S/C39H81N2O6P/c1-3-5-7-9-11-13-15-17-19-21-23-25-27-29-31-33-39(43)41-37(36-47-48(44,45)46-35-34-40)38(42)32-30-28-26-24-22-20-18-16-14-12-10-8-6-4-2/h37-38,42H,3-36,40H2,1-2H3,(H,41,43)(H,44,45). The highest BCUT2D eigenvalue weighted by molar-refractivity contribution is 7.47. The summed E-state index contributed by atoms with van der Waals surface area (Å²) in [5.74, 6) is -0.158. The number of phosphoric ester groups is 1. The Bertz CT molecular complexity index is 729. The summed E-state index contributed by atoms with van der Waals surface area (Å²) in [4.78, 5) is 22.7. The first-order valence-corrected chi connectivity index (χ1v) is 22.1. The summed E-state index contributed by atoms with van der Waals surface area (Å²) in [7, 11) is -4.30. The summed E-state index contributed by atoms with van der Waals surface area (Å²) in [6.45, 7) is 4.22. The molecule has 0 spiro atoms. The van der Waals surface area contributed by atoms with Gasteiger partial charge in [-0.1, -0.05) is 194 Å². The molecule has 0 bridgehead atoms. The fraction of sp³-hybridized carbons (Fsp3) is 0.974. The number of carbonyl (C=O) groups is 1. The fourth-order valence-electron chi connectivity index (χ4n) is 6.31. The number of aliphatic hydroxyl groups is 1. The SMILES string of the molecule is CCCCCCCCCCCCCCCCCC(=O)NC(COP(=O)(O)OCCN)C(O)CCCCCCCCCCCCCCCC. The number of amides is 1. The second kappa shape index (κ2) is 36.3. The lowest BCUT2D eigenvalue weighted by Gasteiger charge is -2.25. The highest BCUT2D eigenvalue weighted by Gasteiger charge is 2.27. The maximum atomic E-state index is 12.7. The second-order valence-corrected chi connectivity index (χ2v) is 15.7. The van der Waals surface area contributed by atoms with Crippen LogP contribution >= 0.6 is 7.82 Å². The van der Waals surface area contributed by atoms with E-state index < -0.39 is 20.0 Å². The molecule has 0 fully saturated rings. The van der Waals surface area contributed by atoms with Gasteiger partial charge in [-0.3, -0.25) is 13.8 Å². The molecule has 0 saturated carbocycles. The van der Waals surface area contributed by atoms with E-state index in [1.54, 1.807) is 0 Å². The van der Waals surface area contributed by atoms with Crippen molar-refractivity contribution in [2.75, 3.05) is 19.8 Å². The lowest BCUT2D eigenvalue weighted by molar-refractivity contribution is -0.123. The highest BCUT2D eigenvalue weighted by Crippen LogP contribution is 2.43. The molecule has 9 heteroatoms. The molecule has 0 aliphatic rings. The number of nitrogens with two attached hydrogens (primary N) is 1. The Kier molecular flexibility index (Phi) is 35.9. The van der Waals surface area contributed by atoms with Gasteiger partial charge in [-0.15, -0.1) is 0 Å². The molecule has 8 nitrogen and oxygen atoms in total. The number of phosphoric acid groups is 1. The summed E-state index contributed by atoms with van der Waals surface area (Å²) in [5, 5.41) is 13.8. The van der Waals surface area contributed by atoms with Crippen molar-refractivity contribution in [2.24, 2.45) is 5.73 Å². The fourth-order valence-corrected chi connectivity index (χ4v) is 7.07. The van der Waals surface area contributed by atoms with Crippen molar-refractivity contribution in [3.8, 4) is 0 Å². The predicted octanol–water partition coefficient (Wildman–Crippen LogP) is 11.1. The third-order valence-electron chi connectivity index (χ3n) is 9.46. The summed E-state index contributed by atoms with van der Waals surface area (Å²) in [6.07, 6.45) is 36.7. The zero-order valence-electron chi connectivity index (χ0n) is 31.7. The maximum Gasteiger partial charge on any atom is 0.472 e. The van der Waals surface area contributed by atoms with Gasteiger partial charge in [0.1, 0.15) is 0 Å². The molecule has 0 aliphatic carbocycles. The van der Waals surface area contributed by atoms with Crippen LogP contribution in [0.5, 0.6) is 0 Å². The number of nitrogens with one attached hydrogen (secondary N) is 1. The third-order valence-corrected chi connectivity index (χ3v) is 10.4. The van der Waals surface area contributed by atoms with Crippen molar-refractivity contribution < 1.29 is 28.4 Å². The first-order valence-electron chi connectivity index (χ1n) is 20.7. The van der Waals surface area contributed by atoms with Gasteiger partial charge in [-0.2, -0.15) is 0 Å². The van der Waals surface area contributed by atoms with Gasteiger partial charge in [0.25, 0.3) is 0 Å². The maximum absolute atomic E-state index is 12.7. The molecule has 0 aliphatic heterocycles. The van der Waals surface area contributed by atoms with Crippen LogP contribution in [-0.2, 0) is 18.4 Å². The van der Waals surface area contributed by atoms with Gasteiger partial charge < -0.3 is 21.1 Å². The minimum absolute atomic E-state index is 0.0923. The Hall–Kier alpha value is -0.500. The van der Waals surface area contributed by atoms with Crippen LogP contribution in [0.25, 0.3) is 0 Å². The molecule has 0 heterocycles. The van der Waals surface area contributed by atoms with Gasteiger partial charge in [0.2, 0.25) is 5.91 Å². The number of aliphatic hydroxyl groups excluding tert-OH is 1. The van der Waals surface area contributed by atoms with E-state index in [1.165, 1.54) is 148 Å². The van der Waals surface area contributed by atoms with Crippen LogP contribution in [0, 0.1) is 0 Å². The molecule has 3 unspecified atom stereocenters. The minimum Gasteiger partial charge on any atom is -0.391 e. The van der Waals surface area contributed by atoms with E-state index in [4.69, 9.17) is 14.8 Å². The molecule has 0 rings (SSSR count). The van der Waals surface area contributed by atoms with Gasteiger partial charge in [-0.25, -0.2) is 4.57 Å². The van der Waals surface area contributed by atoms with Gasteiger partial charge in [-0.05, 0) is 12.8 Å². The van der Waals surface area contributed by atoms with Crippen molar-refractivity contribution in [2.45, 2.75) is 225 Å². The van der Waals surface area contributed by atoms with Crippen LogP contribution < -0.4 is 11.1 Å². The first-order chi connectivity index (χ1) is 23.4. The lowest BCUT2D eigenvalue weighted by atomic mass is 10.0. The zero-order valence-corrected chi connectivity index (χ0v) is 32.6. The van der Waals surface area contributed by atoms with Gasteiger partial charge >= 0.3 is 7.82 Å². The van der Waals surface area contributed by atoms with Gasteiger partial charge in [0.15, 0.2) is 0 Å². The van der Waals surface area contributed by atoms with Crippen molar-refractivity contribution in [1.82, 2.24) is 5.32 Å². The summed E-state index contributed by atoms with van der Waals surface area (Å²) in [5.41, 5.74) is 5.37.